The van der Waals surface area contributed by atoms with E-state index in [-0.39, 0.29) is 6.10 Å². The molecule has 0 radical (unpaired) electrons. The van der Waals surface area contributed by atoms with Crippen LogP contribution in [0.1, 0.15) is 11.1 Å². The topological polar surface area (TPSA) is 94.0 Å². The monoisotopic (exact) mass is 424 g/mol. The molecule has 1 unspecified atom stereocenters. The Labute approximate surface area is 187 Å². The predicted molar refractivity (Wildman–Crippen MR) is 127 cm³/mol. The number of anilines is 3. The van der Waals surface area contributed by atoms with Gasteiger partial charge < -0.3 is 26.0 Å². The molecule has 0 bridgehead atoms. The molecule has 1 aromatic heterocycles. The van der Waals surface area contributed by atoms with Crippen molar-refractivity contribution in [3.05, 3.63) is 78.3 Å². The Morgan fingerprint density at radius 2 is 2.03 bits per heavy atom. The van der Waals surface area contributed by atoms with Gasteiger partial charge in [0.15, 0.2) is 0 Å². The summed E-state index contributed by atoms with van der Waals surface area (Å²) in [6.07, 6.45) is 2.76. The highest BCUT2D eigenvalue weighted by Gasteiger charge is 2.22. The second-order valence-corrected chi connectivity index (χ2v) is 7.92. The van der Waals surface area contributed by atoms with Crippen LogP contribution in [0.5, 0.6) is 5.88 Å². The third-order valence-electron chi connectivity index (χ3n) is 5.63. The summed E-state index contributed by atoms with van der Waals surface area (Å²) in [6.45, 7) is 6.24. The quantitative estimate of drug-likeness (QED) is 0.446. The molecule has 2 aromatic carbocycles. The van der Waals surface area contributed by atoms with Gasteiger partial charge in [0.25, 0.3) is 0 Å². The van der Waals surface area contributed by atoms with Gasteiger partial charge in [0.1, 0.15) is 11.9 Å². The summed E-state index contributed by atoms with van der Waals surface area (Å²) in [5, 5.41) is 22.3. The molecule has 5 rings (SSSR count). The van der Waals surface area contributed by atoms with E-state index in [0.29, 0.717) is 18.0 Å². The SMILES string of the molecule is C=C1Nc2cccc(-c3cnc4c(c3)NCC(CNCCc3ccc(C#N)cc3)O4)c2N1. The van der Waals surface area contributed by atoms with Crippen LogP contribution in [0.2, 0.25) is 0 Å². The van der Waals surface area contributed by atoms with Crippen LogP contribution in [-0.4, -0.2) is 30.7 Å². The summed E-state index contributed by atoms with van der Waals surface area (Å²) < 4.78 is 6.10. The number of nitrogens with zero attached hydrogens (tertiary/aromatic N) is 2. The number of fused-ring (bicyclic) bond motifs is 2. The highest BCUT2D eigenvalue weighted by atomic mass is 16.5. The van der Waals surface area contributed by atoms with Crippen molar-refractivity contribution >= 4 is 17.1 Å². The summed E-state index contributed by atoms with van der Waals surface area (Å²) in [7, 11) is 0. The smallest absolute Gasteiger partial charge is 0.237 e. The van der Waals surface area contributed by atoms with Crippen molar-refractivity contribution in [3.63, 3.8) is 0 Å². The van der Waals surface area contributed by atoms with Crippen LogP contribution in [0.4, 0.5) is 17.1 Å². The highest BCUT2D eigenvalue weighted by molar-refractivity contribution is 5.92. The number of ether oxygens (including phenoxy) is 1. The Balaban J connectivity index is 1.18. The summed E-state index contributed by atoms with van der Waals surface area (Å²) in [5.41, 5.74) is 6.91. The van der Waals surface area contributed by atoms with Gasteiger partial charge in [0.2, 0.25) is 5.88 Å². The lowest BCUT2D eigenvalue weighted by Crippen LogP contribution is -2.40. The molecule has 160 valence electrons. The molecule has 4 N–H and O–H groups in total. The zero-order valence-corrected chi connectivity index (χ0v) is 17.6. The average Bonchev–Trinajstić information content (AvgIpc) is 3.22. The number of hydrogen-bond donors (Lipinski definition) is 4. The molecule has 0 amide bonds. The molecule has 7 heteroatoms. The minimum atomic E-state index is 0.0111. The Bertz CT molecular complexity index is 1200. The maximum absolute atomic E-state index is 8.88. The lowest BCUT2D eigenvalue weighted by atomic mass is 10.0. The van der Waals surface area contributed by atoms with Crippen LogP contribution in [0.15, 0.2) is 67.1 Å². The number of nitriles is 1. The number of aromatic nitrogens is 1. The number of benzene rings is 2. The Morgan fingerprint density at radius 1 is 1.16 bits per heavy atom. The van der Waals surface area contributed by atoms with Gasteiger partial charge in [-0.05, 0) is 42.8 Å². The van der Waals surface area contributed by atoms with Crippen molar-refractivity contribution in [3.8, 4) is 23.1 Å². The van der Waals surface area contributed by atoms with Crippen molar-refractivity contribution in [2.45, 2.75) is 12.5 Å². The number of nitrogens with one attached hydrogen (secondary N) is 4. The van der Waals surface area contributed by atoms with Crippen LogP contribution >= 0.6 is 0 Å². The minimum absolute atomic E-state index is 0.0111. The molecule has 0 spiro atoms. The number of pyridine rings is 1. The maximum Gasteiger partial charge on any atom is 0.237 e. The summed E-state index contributed by atoms with van der Waals surface area (Å²) in [5.74, 6) is 1.40. The van der Waals surface area contributed by atoms with E-state index in [9.17, 15) is 0 Å². The largest absolute Gasteiger partial charge is 0.470 e. The molecular formula is C25H24N6O. The Kier molecular flexibility index (Phi) is 5.36. The first kappa shape index (κ1) is 19.9. The van der Waals surface area contributed by atoms with Crippen LogP contribution in [0.3, 0.4) is 0 Å². The van der Waals surface area contributed by atoms with E-state index in [1.54, 1.807) is 0 Å². The third-order valence-corrected chi connectivity index (χ3v) is 5.63. The Morgan fingerprint density at radius 3 is 2.88 bits per heavy atom. The number of rotatable bonds is 6. The normalized spacial score (nSPS) is 16.0. The van der Waals surface area contributed by atoms with Crippen molar-refractivity contribution in [2.75, 3.05) is 35.6 Å². The third kappa shape index (κ3) is 4.09. The van der Waals surface area contributed by atoms with Crippen molar-refractivity contribution in [1.29, 1.82) is 5.26 Å². The molecule has 0 saturated carbocycles. The second kappa shape index (κ2) is 8.61. The van der Waals surface area contributed by atoms with Crippen LogP contribution in [-0.2, 0) is 6.42 Å². The number of para-hydroxylation sites is 1. The van der Waals surface area contributed by atoms with E-state index in [2.05, 4.69) is 51.0 Å². The second-order valence-electron chi connectivity index (χ2n) is 7.92. The van der Waals surface area contributed by atoms with Gasteiger partial charge in [-0.1, -0.05) is 30.8 Å². The van der Waals surface area contributed by atoms with E-state index in [1.165, 1.54) is 5.56 Å². The van der Waals surface area contributed by atoms with Gasteiger partial charge in [0.05, 0.1) is 35.2 Å². The molecule has 3 aromatic rings. The lowest BCUT2D eigenvalue weighted by Gasteiger charge is -2.27. The average molecular weight is 425 g/mol. The molecule has 0 fully saturated rings. The molecule has 32 heavy (non-hydrogen) atoms. The van der Waals surface area contributed by atoms with Crippen LogP contribution in [0, 0.1) is 11.3 Å². The van der Waals surface area contributed by atoms with Crippen LogP contribution in [0.25, 0.3) is 11.1 Å². The molecule has 3 heterocycles. The van der Waals surface area contributed by atoms with Crippen molar-refractivity contribution < 1.29 is 4.74 Å². The van der Waals surface area contributed by atoms with E-state index in [1.807, 2.05) is 42.6 Å². The fourth-order valence-corrected chi connectivity index (χ4v) is 3.98. The summed E-state index contributed by atoms with van der Waals surface area (Å²) >= 11 is 0. The van der Waals surface area contributed by atoms with Gasteiger partial charge in [0, 0.05) is 23.9 Å². The minimum Gasteiger partial charge on any atom is -0.470 e. The predicted octanol–water partition coefficient (Wildman–Crippen LogP) is 3.93. The zero-order chi connectivity index (χ0) is 21.9. The molecular weight excluding hydrogens is 400 g/mol. The van der Waals surface area contributed by atoms with Gasteiger partial charge >= 0.3 is 0 Å². The fraction of sp³-hybridized carbons (Fsp3) is 0.200. The van der Waals surface area contributed by atoms with E-state index in [4.69, 9.17) is 10.00 Å². The lowest BCUT2D eigenvalue weighted by molar-refractivity contribution is 0.194. The molecule has 0 saturated heterocycles. The maximum atomic E-state index is 8.88. The first-order chi connectivity index (χ1) is 15.7. The fourth-order valence-electron chi connectivity index (χ4n) is 3.98. The van der Waals surface area contributed by atoms with Gasteiger partial charge in [-0.25, -0.2) is 4.98 Å². The highest BCUT2D eigenvalue weighted by Crippen LogP contribution is 2.40. The molecule has 0 aliphatic carbocycles. The van der Waals surface area contributed by atoms with Gasteiger partial charge in [-0.3, -0.25) is 0 Å². The summed E-state index contributed by atoms with van der Waals surface area (Å²) in [6, 6.07) is 18.0. The molecule has 2 aliphatic rings. The molecule has 7 nitrogen and oxygen atoms in total. The summed E-state index contributed by atoms with van der Waals surface area (Å²) in [4.78, 5) is 4.57. The van der Waals surface area contributed by atoms with E-state index < -0.39 is 0 Å². The first-order valence-corrected chi connectivity index (χ1v) is 10.7. The Hall–Kier alpha value is -4.02. The molecule has 1 atom stereocenters. The van der Waals surface area contributed by atoms with E-state index >= 15 is 0 Å². The van der Waals surface area contributed by atoms with Crippen molar-refractivity contribution in [2.24, 2.45) is 0 Å². The van der Waals surface area contributed by atoms with Gasteiger partial charge in [-0.15, -0.1) is 0 Å². The standard InChI is InChI=1S/C25H24N6O/c1-16-30-22-4-2-3-21(24(22)31-16)19-11-23-25(29-13-19)32-20(15-28-23)14-27-10-9-17-5-7-18(12-26)8-6-17/h2-8,11,13,20,27-28,30-31H,1,9-10,14-15H2. The molecule has 2 aliphatic heterocycles. The first-order valence-electron chi connectivity index (χ1n) is 10.7. The van der Waals surface area contributed by atoms with Gasteiger partial charge in [-0.2, -0.15) is 5.26 Å². The van der Waals surface area contributed by atoms with Crippen LogP contribution < -0.4 is 26.0 Å². The van der Waals surface area contributed by atoms with Crippen molar-refractivity contribution in [1.82, 2.24) is 10.3 Å². The zero-order valence-electron chi connectivity index (χ0n) is 17.6. The number of hydrogen-bond acceptors (Lipinski definition) is 7. The van der Waals surface area contributed by atoms with E-state index in [0.717, 1.165) is 53.5 Å².